The van der Waals surface area contributed by atoms with Crippen molar-refractivity contribution in [3.63, 3.8) is 0 Å². The van der Waals surface area contributed by atoms with Crippen molar-refractivity contribution in [2.24, 2.45) is 0 Å². The van der Waals surface area contributed by atoms with Gasteiger partial charge in [-0.15, -0.1) is 13.2 Å². The monoisotopic (exact) mass is 128 g/mol. The van der Waals surface area contributed by atoms with Gasteiger partial charge in [-0.3, -0.25) is 0 Å². The van der Waals surface area contributed by atoms with E-state index in [2.05, 4.69) is 26.7 Å². The van der Waals surface area contributed by atoms with Gasteiger partial charge in [-0.25, -0.2) is 0 Å². The Hall–Kier alpha value is -0.720. The number of hydrogen-bond acceptors (Lipinski definition) is 1. The van der Waals surface area contributed by atoms with Crippen molar-refractivity contribution in [1.82, 2.24) is 0 Å². The third-order valence-electron chi connectivity index (χ3n) is 0.734. The molecule has 9 heavy (non-hydrogen) atoms. The van der Waals surface area contributed by atoms with Gasteiger partial charge in [-0.1, -0.05) is 19.9 Å². The second kappa shape index (κ2) is 15.7. The van der Waals surface area contributed by atoms with Crippen molar-refractivity contribution < 1.29 is 4.74 Å². The fraction of sp³-hybridized carbons (Fsp3) is 0.500. The van der Waals surface area contributed by atoms with Gasteiger partial charge < -0.3 is 4.74 Å². The molecular formula is C8H16O. The molecule has 54 valence electrons. The lowest BCUT2D eigenvalue weighted by Crippen LogP contribution is -1.83. The number of unbranched alkanes of at least 4 members (excludes halogenated alkanes) is 1. The highest BCUT2D eigenvalue weighted by Gasteiger charge is 1.76. The molecule has 0 saturated carbocycles. The van der Waals surface area contributed by atoms with Crippen molar-refractivity contribution in [3.8, 4) is 0 Å². The van der Waals surface area contributed by atoms with E-state index in [-0.39, 0.29) is 0 Å². The van der Waals surface area contributed by atoms with E-state index in [1.54, 1.807) is 0 Å². The summed E-state index contributed by atoms with van der Waals surface area (Å²) in [7, 11) is 0. The highest BCUT2D eigenvalue weighted by molar-refractivity contribution is 4.47. The molecule has 0 saturated heterocycles. The Morgan fingerprint density at radius 2 is 2.00 bits per heavy atom. The second-order valence-corrected chi connectivity index (χ2v) is 1.39. The Morgan fingerprint density at radius 1 is 1.44 bits per heavy atom. The molecular weight excluding hydrogens is 112 g/mol. The maximum absolute atomic E-state index is 4.84. The molecule has 0 atom stereocenters. The average Bonchev–Trinajstić information content (AvgIpc) is 1.94. The first-order chi connectivity index (χ1) is 4.41. The Bertz CT molecular complexity index is 50.5. The smallest absolute Gasteiger partial charge is 0.0872 e. The van der Waals surface area contributed by atoms with Crippen molar-refractivity contribution in [2.75, 3.05) is 6.61 Å². The van der Waals surface area contributed by atoms with Crippen LogP contribution in [0.15, 0.2) is 26.0 Å². The third kappa shape index (κ3) is 18.9. The normalized spacial score (nSPS) is 6.78. The van der Waals surface area contributed by atoms with Crippen LogP contribution in [-0.2, 0) is 4.74 Å². The highest BCUT2D eigenvalue weighted by Crippen LogP contribution is 1.85. The molecule has 0 spiro atoms. The van der Waals surface area contributed by atoms with Gasteiger partial charge in [-0.2, -0.15) is 0 Å². The molecule has 0 fully saturated rings. The standard InChI is InChI=1S/C6H12O.C2H4/c1-3-5-6-7-4-2;1-2/h4H,2-3,5-6H2,1H3;1-2H2. The fourth-order valence-corrected chi connectivity index (χ4v) is 0.311. The second-order valence-electron chi connectivity index (χ2n) is 1.39. The van der Waals surface area contributed by atoms with Crippen LogP contribution in [0.2, 0.25) is 0 Å². The Kier molecular flexibility index (Phi) is 19.4. The highest BCUT2D eigenvalue weighted by atomic mass is 16.5. The predicted octanol–water partition coefficient (Wildman–Crippen LogP) is 2.75. The lowest BCUT2D eigenvalue weighted by Gasteiger charge is -1.93. The molecule has 1 heteroatoms. The van der Waals surface area contributed by atoms with Crippen molar-refractivity contribution in [3.05, 3.63) is 26.0 Å². The molecule has 0 aromatic carbocycles. The molecule has 0 heterocycles. The molecule has 0 rings (SSSR count). The van der Waals surface area contributed by atoms with Gasteiger partial charge in [0.15, 0.2) is 0 Å². The zero-order valence-electron chi connectivity index (χ0n) is 6.23. The summed E-state index contributed by atoms with van der Waals surface area (Å²) in [6.45, 7) is 12.4. The van der Waals surface area contributed by atoms with Crippen LogP contribution in [0.25, 0.3) is 0 Å². The van der Waals surface area contributed by atoms with Crippen LogP contribution in [0.3, 0.4) is 0 Å². The number of ether oxygens (including phenoxy) is 1. The molecule has 0 amide bonds. The van der Waals surface area contributed by atoms with Crippen molar-refractivity contribution in [1.29, 1.82) is 0 Å². The molecule has 0 bridgehead atoms. The Morgan fingerprint density at radius 3 is 2.33 bits per heavy atom. The number of rotatable bonds is 4. The van der Waals surface area contributed by atoms with E-state index >= 15 is 0 Å². The largest absolute Gasteiger partial charge is 0.502 e. The van der Waals surface area contributed by atoms with Crippen LogP contribution in [0.4, 0.5) is 0 Å². The van der Waals surface area contributed by atoms with E-state index in [0.717, 1.165) is 13.0 Å². The fourth-order valence-electron chi connectivity index (χ4n) is 0.311. The summed E-state index contributed by atoms with van der Waals surface area (Å²) >= 11 is 0. The first-order valence-corrected chi connectivity index (χ1v) is 3.14. The summed E-state index contributed by atoms with van der Waals surface area (Å²) in [5.74, 6) is 0. The molecule has 0 aliphatic carbocycles. The van der Waals surface area contributed by atoms with E-state index < -0.39 is 0 Å². The minimum atomic E-state index is 0.819. The molecule has 0 unspecified atom stereocenters. The predicted molar refractivity (Wildman–Crippen MR) is 42.3 cm³/mol. The lowest BCUT2D eigenvalue weighted by atomic mass is 10.4. The molecule has 0 aliphatic heterocycles. The summed E-state index contributed by atoms with van der Waals surface area (Å²) in [5, 5.41) is 0. The zero-order valence-corrected chi connectivity index (χ0v) is 6.23. The molecule has 0 aromatic heterocycles. The minimum Gasteiger partial charge on any atom is -0.502 e. The first-order valence-electron chi connectivity index (χ1n) is 3.14. The van der Waals surface area contributed by atoms with Crippen molar-refractivity contribution >= 4 is 0 Å². The zero-order chi connectivity index (χ0) is 7.54. The van der Waals surface area contributed by atoms with Crippen LogP contribution >= 0.6 is 0 Å². The van der Waals surface area contributed by atoms with E-state index in [1.807, 2.05) is 0 Å². The summed E-state index contributed by atoms with van der Waals surface area (Å²) in [4.78, 5) is 0. The first kappa shape index (κ1) is 11.1. The van der Waals surface area contributed by atoms with Crippen LogP contribution < -0.4 is 0 Å². The van der Waals surface area contributed by atoms with E-state index in [4.69, 9.17) is 4.74 Å². The summed E-state index contributed by atoms with van der Waals surface area (Å²) in [5.41, 5.74) is 0. The molecule has 1 nitrogen and oxygen atoms in total. The third-order valence-corrected chi connectivity index (χ3v) is 0.734. The van der Waals surface area contributed by atoms with Gasteiger partial charge in [0.05, 0.1) is 12.9 Å². The summed E-state index contributed by atoms with van der Waals surface area (Å²) < 4.78 is 4.84. The maximum Gasteiger partial charge on any atom is 0.0872 e. The maximum atomic E-state index is 4.84. The quantitative estimate of drug-likeness (QED) is 0.321. The molecule has 0 radical (unpaired) electrons. The van der Waals surface area contributed by atoms with E-state index in [1.165, 1.54) is 12.7 Å². The van der Waals surface area contributed by atoms with Crippen LogP contribution in [0.1, 0.15) is 19.8 Å². The Balaban J connectivity index is 0. The molecule has 0 N–H and O–H groups in total. The van der Waals surface area contributed by atoms with Gasteiger partial charge in [0.2, 0.25) is 0 Å². The van der Waals surface area contributed by atoms with Crippen LogP contribution in [0, 0.1) is 0 Å². The van der Waals surface area contributed by atoms with Crippen LogP contribution in [0.5, 0.6) is 0 Å². The van der Waals surface area contributed by atoms with Gasteiger partial charge in [0.1, 0.15) is 0 Å². The number of hydrogen-bond donors (Lipinski definition) is 0. The lowest BCUT2D eigenvalue weighted by molar-refractivity contribution is 0.245. The minimum absolute atomic E-state index is 0.819. The topological polar surface area (TPSA) is 9.23 Å². The summed E-state index contributed by atoms with van der Waals surface area (Å²) in [6, 6.07) is 0. The van der Waals surface area contributed by atoms with E-state index in [9.17, 15) is 0 Å². The van der Waals surface area contributed by atoms with Crippen molar-refractivity contribution in [2.45, 2.75) is 19.8 Å². The van der Waals surface area contributed by atoms with Gasteiger partial charge in [0, 0.05) is 0 Å². The van der Waals surface area contributed by atoms with E-state index in [0.29, 0.717) is 0 Å². The SMILES string of the molecule is C=C.C=COCCCC. The molecule has 0 aromatic rings. The van der Waals surface area contributed by atoms with Crippen LogP contribution in [-0.4, -0.2) is 6.61 Å². The Labute approximate surface area is 58.0 Å². The van der Waals surface area contributed by atoms with Gasteiger partial charge in [-0.05, 0) is 6.42 Å². The van der Waals surface area contributed by atoms with Gasteiger partial charge in [0.25, 0.3) is 0 Å². The average molecular weight is 128 g/mol. The summed E-state index contributed by atoms with van der Waals surface area (Å²) in [6.07, 6.45) is 3.80. The molecule has 0 aliphatic rings. The van der Waals surface area contributed by atoms with Gasteiger partial charge >= 0.3 is 0 Å².